The van der Waals surface area contributed by atoms with Crippen LogP contribution in [0.25, 0.3) is 0 Å². The molecule has 31 heavy (non-hydrogen) atoms. The van der Waals surface area contributed by atoms with Gasteiger partial charge in [0.2, 0.25) is 15.9 Å². The molecule has 0 fully saturated rings. The summed E-state index contributed by atoms with van der Waals surface area (Å²) in [5, 5.41) is 11.2. The van der Waals surface area contributed by atoms with Gasteiger partial charge in [-0.1, -0.05) is 29.8 Å². The zero-order valence-electron chi connectivity index (χ0n) is 18.0. The molecule has 0 saturated carbocycles. The molecule has 0 atom stereocenters. The van der Waals surface area contributed by atoms with Gasteiger partial charge in [-0.2, -0.15) is 0 Å². The number of aliphatic imine (C=N–C) groups is 1. The van der Waals surface area contributed by atoms with Gasteiger partial charge in [0.25, 0.3) is 0 Å². The Morgan fingerprint density at radius 2 is 1.71 bits per heavy atom. The topological polar surface area (TPSA) is 126 Å². The van der Waals surface area contributed by atoms with E-state index in [0.717, 1.165) is 16.9 Å². The van der Waals surface area contributed by atoms with Crippen molar-refractivity contribution in [1.82, 2.24) is 15.5 Å². The first-order valence-corrected chi connectivity index (χ1v) is 11.2. The van der Waals surface area contributed by atoms with Crippen LogP contribution in [0.2, 0.25) is 0 Å². The highest BCUT2D eigenvalue weighted by Gasteiger charge is 2.08. The summed E-state index contributed by atoms with van der Waals surface area (Å²) in [4.78, 5) is 17.9. The Balaban J connectivity index is 1.95. The number of nitrogens with zero attached hydrogens (tertiary/aromatic N) is 2. The fourth-order valence-corrected chi connectivity index (χ4v) is 2.93. The van der Waals surface area contributed by atoms with Gasteiger partial charge < -0.3 is 20.3 Å². The lowest BCUT2D eigenvalue weighted by Gasteiger charge is -2.15. The van der Waals surface area contributed by atoms with Crippen LogP contribution in [-0.2, 0) is 21.4 Å². The number of rotatable bonds is 9. The van der Waals surface area contributed by atoms with Gasteiger partial charge in [0.15, 0.2) is 5.96 Å². The largest absolute Gasteiger partial charge is 0.492 e. The van der Waals surface area contributed by atoms with Gasteiger partial charge in [-0.05, 0) is 36.8 Å². The molecule has 168 valence electrons. The zero-order valence-corrected chi connectivity index (χ0v) is 18.8. The number of hydrogen-bond donors (Lipinski definition) is 3. The number of carbonyl (C=O) groups is 1. The summed E-state index contributed by atoms with van der Waals surface area (Å²) in [6.07, 6.45) is 0. The van der Waals surface area contributed by atoms with Crippen LogP contribution < -0.4 is 20.5 Å². The molecular weight excluding hydrogens is 418 g/mol. The van der Waals surface area contributed by atoms with Crippen LogP contribution in [0.15, 0.2) is 58.4 Å². The highest BCUT2D eigenvalue weighted by Crippen LogP contribution is 2.11. The number of likely N-dealkylation sites (N-methyl/N-ethyl adjacent to an activating group) is 1. The number of ether oxygens (including phenoxy) is 1. The van der Waals surface area contributed by atoms with Gasteiger partial charge in [-0.3, -0.25) is 4.79 Å². The van der Waals surface area contributed by atoms with Crippen LogP contribution in [0, 0.1) is 6.92 Å². The summed E-state index contributed by atoms with van der Waals surface area (Å²) in [6, 6.07) is 13.9. The van der Waals surface area contributed by atoms with Crippen molar-refractivity contribution in [3.63, 3.8) is 0 Å². The molecule has 4 N–H and O–H groups in total. The number of guanidine groups is 1. The second-order valence-electron chi connectivity index (χ2n) is 7.08. The van der Waals surface area contributed by atoms with E-state index in [1.807, 2.05) is 31.2 Å². The second-order valence-corrected chi connectivity index (χ2v) is 8.65. The first-order chi connectivity index (χ1) is 14.6. The minimum Gasteiger partial charge on any atom is -0.492 e. The van der Waals surface area contributed by atoms with E-state index in [-0.39, 0.29) is 23.9 Å². The third-order valence-corrected chi connectivity index (χ3v) is 5.19. The maximum atomic E-state index is 11.9. The Labute approximate surface area is 183 Å². The first kappa shape index (κ1) is 24.2. The Morgan fingerprint density at radius 1 is 1.06 bits per heavy atom. The quantitative estimate of drug-likeness (QED) is 0.297. The van der Waals surface area contributed by atoms with Crippen molar-refractivity contribution in [2.75, 3.05) is 33.8 Å². The smallest absolute Gasteiger partial charge is 0.241 e. The summed E-state index contributed by atoms with van der Waals surface area (Å²) in [5.41, 5.74) is 1.95. The molecule has 0 aromatic heterocycles. The van der Waals surface area contributed by atoms with Gasteiger partial charge in [0.05, 0.1) is 24.5 Å². The number of nitrogens with one attached hydrogen (secondary N) is 2. The zero-order chi connectivity index (χ0) is 22.9. The molecule has 10 heteroatoms. The lowest BCUT2D eigenvalue weighted by Crippen LogP contribution is -2.44. The molecule has 0 aliphatic rings. The maximum Gasteiger partial charge on any atom is 0.241 e. The van der Waals surface area contributed by atoms with Crippen molar-refractivity contribution in [3.8, 4) is 5.75 Å². The molecule has 0 spiro atoms. The third kappa shape index (κ3) is 8.65. The van der Waals surface area contributed by atoms with Crippen LogP contribution in [0.1, 0.15) is 11.1 Å². The first-order valence-electron chi connectivity index (χ1n) is 9.68. The van der Waals surface area contributed by atoms with Crippen molar-refractivity contribution in [1.29, 1.82) is 0 Å². The fourth-order valence-electron chi connectivity index (χ4n) is 2.42. The number of hydrogen-bond acceptors (Lipinski definition) is 5. The van der Waals surface area contributed by atoms with Gasteiger partial charge >= 0.3 is 0 Å². The SMILES string of the molecule is Cc1ccc(OCCNC(=NCc2ccc(S(N)(=O)=O)cc2)NCC(=O)N(C)C)cc1. The van der Waals surface area contributed by atoms with E-state index < -0.39 is 10.0 Å². The van der Waals surface area contributed by atoms with Gasteiger partial charge in [-0.15, -0.1) is 0 Å². The van der Waals surface area contributed by atoms with E-state index in [2.05, 4.69) is 15.6 Å². The summed E-state index contributed by atoms with van der Waals surface area (Å²) < 4.78 is 28.4. The average molecular weight is 448 g/mol. The number of nitrogens with two attached hydrogens (primary N) is 1. The summed E-state index contributed by atoms with van der Waals surface area (Å²) in [5.74, 6) is 1.12. The Bertz CT molecular complexity index is 987. The maximum absolute atomic E-state index is 11.9. The molecule has 1 amide bonds. The lowest BCUT2D eigenvalue weighted by molar-refractivity contribution is -0.127. The lowest BCUT2D eigenvalue weighted by atomic mass is 10.2. The van der Waals surface area contributed by atoms with E-state index in [1.165, 1.54) is 17.0 Å². The standard InChI is InChI=1S/C21H29N5O4S/c1-16-4-8-18(9-5-16)30-13-12-23-21(25-15-20(27)26(2)3)24-14-17-6-10-19(11-7-17)31(22,28)29/h4-11H,12-15H2,1-3H3,(H2,22,28,29)(H2,23,24,25). The van der Waals surface area contributed by atoms with Gasteiger partial charge in [0, 0.05) is 14.1 Å². The number of carbonyl (C=O) groups excluding carboxylic acids is 1. The molecule has 0 bridgehead atoms. The summed E-state index contributed by atoms with van der Waals surface area (Å²) in [6.45, 7) is 3.27. The number of benzene rings is 2. The number of aryl methyl sites for hydroxylation is 1. The van der Waals surface area contributed by atoms with E-state index in [9.17, 15) is 13.2 Å². The highest BCUT2D eigenvalue weighted by molar-refractivity contribution is 7.89. The molecule has 2 aromatic carbocycles. The molecule has 9 nitrogen and oxygen atoms in total. The third-order valence-electron chi connectivity index (χ3n) is 4.26. The Hall–Kier alpha value is -3.11. The Morgan fingerprint density at radius 3 is 2.29 bits per heavy atom. The van der Waals surface area contributed by atoms with Crippen molar-refractivity contribution in [2.45, 2.75) is 18.4 Å². The number of sulfonamides is 1. The molecule has 0 aliphatic heterocycles. The van der Waals surface area contributed by atoms with Crippen LogP contribution in [-0.4, -0.2) is 59.0 Å². The van der Waals surface area contributed by atoms with E-state index in [0.29, 0.717) is 19.1 Å². The van der Waals surface area contributed by atoms with Crippen molar-refractivity contribution in [2.24, 2.45) is 10.1 Å². The number of amides is 1. The molecule has 0 unspecified atom stereocenters. The molecule has 2 aromatic rings. The predicted octanol–water partition coefficient (Wildman–Crippen LogP) is 0.845. The minimum atomic E-state index is -3.73. The minimum absolute atomic E-state index is 0.0431. The van der Waals surface area contributed by atoms with E-state index in [1.54, 1.807) is 26.2 Å². The van der Waals surface area contributed by atoms with Crippen LogP contribution >= 0.6 is 0 Å². The summed E-state index contributed by atoms with van der Waals surface area (Å²) in [7, 11) is -0.379. The van der Waals surface area contributed by atoms with E-state index in [4.69, 9.17) is 9.88 Å². The second kappa shape index (κ2) is 11.3. The molecule has 2 rings (SSSR count). The molecule has 0 saturated heterocycles. The molecule has 0 radical (unpaired) electrons. The summed E-state index contributed by atoms with van der Waals surface area (Å²) >= 11 is 0. The highest BCUT2D eigenvalue weighted by atomic mass is 32.2. The normalized spacial score (nSPS) is 11.7. The molecule has 0 aliphatic carbocycles. The van der Waals surface area contributed by atoms with Crippen molar-refractivity contribution < 1.29 is 17.9 Å². The fraction of sp³-hybridized carbons (Fsp3) is 0.333. The average Bonchev–Trinajstić information content (AvgIpc) is 2.73. The van der Waals surface area contributed by atoms with Gasteiger partial charge in [0.1, 0.15) is 12.4 Å². The predicted molar refractivity (Wildman–Crippen MR) is 120 cm³/mol. The van der Waals surface area contributed by atoms with Crippen molar-refractivity contribution in [3.05, 3.63) is 59.7 Å². The van der Waals surface area contributed by atoms with Crippen LogP contribution in [0.4, 0.5) is 0 Å². The molecule has 0 heterocycles. The van der Waals surface area contributed by atoms with Crippen molar-refractivity contribution >= 4 is 21.9 Å². The van der Waals surface area contributed by atoms with Crippen LogP contribution in [0.3, 0.4) is 0 Å². The monoisotopic (exact) mass is 447 g/mol. The Kier molecular flexibility index (Phi) is 8.83. The van der Waals surface area contributed by atoms with E-state index >= 15 is 0 Å². The van der Waals surface area contributed by atoms with Gasteiger partial charge in [-0.25, -0.2) is 18.5 Å². The number of primary sulfonamides is 1. The van der Waals surface area contributed by atoms with Crippen LogP contribution in [0.5, 0.6) is 5.75 Å². The molecular formula is C21H29N5O4S.